The van der Waals surface area contributed by atoms with Crippen LogP contribution in [-0.2, 0) is 13.1 Å². The Balaban J connectivity index is 1.75. The van der Waals surface area contributed by atoms with E-state index in [0.717, 1.165) is 24.4 Å². The van der Waals surface area contributed by atoms with Crippen molar-refractivity contribution >= 4 is 11.3 Å². The molecule has 0 saturated carbocycles. The summed E-state index contributed by atoms with van der Waals surface area (Å²) in [4.78, 5) is 8.05. The van der Waals surface area contributed by atoms with Crippen LogP contribution in [-0.4, -0.2) is 28.2 Å². The number of hydrogen-bond donors (Lipinski definition) is 0. The lowest BCUT2D eigenvalue weighted by Crippen LogP contribution is -2.22. The fourth-order valence-electron chi connectivity index (χ4n) is 2.54. The van der Waals surface area contributed by atoms with Crippen LogP contribution in [0.2, 0.25) is 0 Å². The second kappa shape index (κ2) is 8.60. The van der Waals surface area contributed by atoms with Crippen LogP contribution >= 0.6 is 11.3 Å². The van der Waals surface area contributed by atoms with Gasteiger partial charge in [-0.05, 0) is 30.5 Å². The van der Waals surface area contributed by atoms with Crippen LogP contribution in [0.3, 0.4) is 0 Å². The van der Waals surface area contributed by atoms with Crippen LogP contribution in [0.4, 0.5) is 0 Å². The number of nitrogens with zero attached hydrogens (tertiary/aromatic N) is 3. The lowest BCUT2D eigenvalue weighted by molar-refractivity contribution is 0.241. The van der Waals surface area contributed by atoms with Gasteiger partial charge in [0.05, 0.1) is 18.7 Å². The van der Waals surface area contributed by atoms with Gasteiger partial charge < -0.3 is 9.26 Å². The zero-order valence-corrected chi connectivity index (χ0v) is 15.0. The summed E-state index contributed by atoms with van der Waals surface area (Å²) in [7, 11) is 0. The van der Waals surface area contributed by atoms with Gasteiger partial charge in [0.25, 0.3) is 0 Å². The molecule has 0 N–H and O–H groups in total. The summed E-state index contributed by atoms with van der Waals surface area (Å²) in [6.45, 7) is 8.54. The maximum absolute atomic E-state index is 5.65. The Morgan fingerprint density at radius 2 is 2.12 bits per heavy atom. The highest BCUT2D eigenvalue weighted by Crippen LogP contribution is 2.27. The SMILES string of the molecule is C=CCN(Cc1nc(-c2ccccc2OCC)no1)Cc1cccs1. The van der Waals surface area contributed by atoms with Gasteiger partial charge in [0.1, 0.15) is 5.75 Å². The van der Waals surface area contributed by atoms with Crippen molar-refractivity contribution in [1.82, 2.24) is 15.0 Å². The average Bonchev–Trinajstić information content (AvgIpc) is 3.28. The molecular weight excluding hydrogens is 334 g/mol. The molecule has 25 heavy (non-hydrogen) atoms. The standard InChI is InChI=1S/C19H21N3O2S/c1-3-11-22(13-15-8-7-12-25-15)14-18-20-19(21-24-18)16-9-5-6-10-17(16)23-4-2/h3,5-10,12H,1,4,11,13-14H2,2H3. The van der Waals surface area contributed by atoms with Gasteiger partial charge in [0.15, 0.2) is 0 Å². The Kier molecular flexibility index (Phi) is 5.98. The number of rotatable bonds is 9. The highest BCUT2D eigenvalue weighted by Gasteiger charge is 2.15. The van der Waals surface area contributed by atoms with Gasteiger partial charge in [-0.25, -0.2) is 0 Å². The molecule has 130 valence electrons. The maximum atomic E-state index is 5.65. The Bertz CT molecular complexity index is 799. The van der Waals surface area contributed by atoms with Crippen molar-refractivity contribution in [2.45, 2.75) is 20.0 Å². The van der Waals surface area contributed by atoms with Crippen molar-refractivity contribution in [2.24, 2.45) is 0 Å². The normalized spacial score (nSPS) is 11.0. The topological polar surface area (TPSA) is 51.4 Å². The lowest BCUT2D eigenvalue weighted by atomic mass is 10.2. The van der Waals surface area contributed by atoms with E-state index in [9.17, 15) is 0 Å². The minimum Gasteiger partial charge on any atom is -0.493 e. The number of benzene rings is 1. The van der Waals surface area contributed by atoms with Crippen molar-refractivity contribution in [3.05, 3.63) is 65.2 Å². The van der Waals surface area contributed by atoms with E-state index in [4.69, 9.17) is 9.26 Å². The zero-order chi connectivity index (χ0) is 17.5. The number of aromatic nitrogens is 2. The van der Waals surface area contributed by atoms with Crippen LogP contribution in [0, 0.1) is 0 Å². The molecule has 0 aliphatic rings. The van der Waals surface area contributed by atoms with Crippen LogP contribution in [0.25, 0.3) is 11.4 Å². The molecule has 0 aliphatic heterocycles. The first-order valence-electron chi connectivity index (χ1n) is 8.20. The van der Waals surface area contributed by atoms with Gasteiger partial charge in [-0.2, -0.15) is 4.98 Å². The van der Waals surface area contributed by atoms with Crippen molar-refractivity contribution in [3.8, 4) is 17.1 Å². The molecule has 0 amide bonds. The fraction of sp³-hybridized carbons (Fsp3) is 0.263. The summed E-state index contributed by atoms with van der Waals surface area (Å²) in [5, 5.41) is 6.20. The Morgan fingerprint density at radius 1 is 1.24 bits per heavy atom. The van der Waals surface area contributed by atoms with E-state index in [0.29, 0.717) is 24.9 Å². The summed E-state index contributed by atoms with van der Waals surface area (Å²) in [6, 6.07) is 11.9. The fourth-order valence-corrected chi connectivity index (χ4v) is 3.29. The summed E-state index contributed by atoms with van der Waals surface area (Å²) in [5.74, 6) is 1.90. The number of hydrogen-bond acceptors (Lipinski definition) is 6. The summed E-state index contributed by atoms with van der Waals surface area (Å²) in [6.07, 6.45) is 1.88. The molecule has 0 saturated heterocycles. The minimum atomic E-state index is 0.550. The second-order valence-electron chi connectivity index (χ2n) is 5.48. The summed E-state index contributed by atoms with van der Waals surface area (Å²) in [5.41, 5.74) is 0.841. The molecule has 0 unspecified atom stereocenters. The maximum Gasteiger partial charge on any atom is 0.241 e. The molecule has 0 atom stereocenters. The number of ether oxygens (including phenoxy) is 1. The van der Waals surface area contributed by atoms with Gasteiger partial charge in [-0.15, -0.1) is 17.9 Å². The van der Waals surface area contributed by atoms with E-state index in [1.54, 1.807) is 11.3 Å². The quantitative estimate of drug-likeness (QED) is 0.533. The first kappa shape index (κ1) is 17.4. The molecule has 6 heteroatoms. The molecule has 0 fully saturated rings. The highest BCUT2D eigenvalue weighted by molar-refractivity contribution is 7.09. The smallest absolute Gasteiger partial charge is 0.241 e. The second-order valence-corrected chi connectivity index (χ2v) is 6.51. The Hall–Kier alpha value is -2.44. The molecule has 0 radical (unpaired) electrons. The molecule has 3 aromatic rings. The molecule has 0 bridgehead atoms. The van der Waals surface area contributed by atoms with E-state index < -0.39 is 0 Å². The predicted octanol–water partition coefficient (Wildman–Crippen LogP) is 4.39. The van der Waals surface area contributed by atoms with Gasteiger partial charge in [0, 0.05) is 18.0 Å². The van der Waals surface area contributed by atoms with Gasteiger partial charge in [-0.3, -0.25) is 4.90 Å². The van der Waals surface area contributed by atoms with E-state index in [1.807, 2.05) is 37.3 Å². The largest absolute Gasteiger partial charge is 0.493 e. The van der Waals surface area contributed by atoms with Crippen molar-refractivity contribution in [3.63, 3.8) is 0 Å². The third-order valence-corrected chi connectivity index (χ3v) is 4.46. The van der Waals surface area contributed by atoms with E-state index >= 15 is 0 Å². The van der Waals surface area contributed by atoms with Gasteiger partial charge in [0.2, 0.25) is 11.7 Å². The molecular formula is C19H21N3O2S. The molecule has 1 aromatic carbocycles. The van der Waals surface area contributed by atoms with Crippen LogP contribution in [0.1, 0.15) is 17.7 Å². The predicted molar refractivity (Wildman–Crippen MR) is 99.5 cm³/mol. The number of thiophene rings is 1. The third-order valence-electron chi connectivity index (χ3n) is 3.60. The summed E-state index contributed by atoms with van der Waals surface area (Å²) < 4.78 is 11.1. The van der Waals surface area contributed by atoms with Gasteiger partial charge >= 0.3 is 0 Å². The van der Waals surface area contributed by atoms with E-state index in [1.165, 1.54) is 4.88 Å². The van der Waals surface area contributed by atoms with E-state index in [-0.39, 0.29) is 0 Å². The molecule has 0 spiro atoms. The average molecular weight is 355 g/mol. The number of para-hydroxylation sites is 1. The first-order chi connectivity index (χ1) is 12.3. The van der Waals surface area contributed by atoms with Crippen molar-refractivity contribution in [2.75, 3.05) is 13.2 Å². The van der Waals surface area contributed by atoms with Crippen molar-refractivity contribution in [1.29, 1.82) is 0 Å². The van der Waals surface area contributed by atoms with E-state index in [2.05, 4.69) is 39.1 Å². The lowest BCUT2D eigenvalue weighted by Gasteiger charge is -2.17. The third kappa shape index (κ3) is 4.55. The molecule has 5 nitrogen and oxygen atoms in total. The van der Waals surface area contributed by atoms with Crippen LogP contribution in [0.5, 0.6) is 5.75 Å². The molecule has 2 heterocycles. The molecule has 2 aromatic heterocycles. The monoisotopic (exact) mass is 355 g/mol. The Morgan fingerprint density at radius 3 is 2.88 bits per heavy atom. The van der Waals surface area contributed by atoms with Crippen LogP contribution in [0.15, 0.2) is 59.0 Å². The zero-order valence-electron chi connectivity index (χ0n) is 14.2. The van der Waals surface area contributed by atoms with Crippen LogP contribution < -0.4 is 4.74 Å². The first-order valence-corrected chi connectivity index (χ1v) is 9.08. The Labute approximate surface area is 151 Å². The molecule has 3 rings (SSSR count). The van der Waals surface area contributed by atoms with Crippen molar-refractivity contribution < 1.29 is 9.26 Å². The summed E-state index contributed by atoms with van der Waals surface area (Å²) >= 11 is 1.74. The minimum absolute atomic E-state index is 0.550. The molecule has 0 aliphatic carbocycles. The van der Waals surface area contributed by atoms with Gasteiger partial charge in [-0.1, -0.05) is 29.4 Å². The highest BCUT2D eigenvalue weighted by atomic mass is 32.1.